The Morgan fingerprint density at radius 2 is 2.16 bits per heavy atom. The van der Waals surface area contributed by atoms with Crippen molar-refractivity contribution >= 4 is 33.1 Å². The van der Waals surface area contributed by atoms with E-state index in [-0.39, 0.29) is 0 Å². The standard InChI is InChI=1S/C12H22N2O2S3/c1-3-6-13-10-11-12(5-9-18-11)19(15,16)14-7-4-8-17-2/h5,9,13-14H,3-4,6-8,10H2,1-2H3. The fourth-order valence-corrected chi connectivity index (χ4v) is 4.49. The van der Waals surface area contributed by atoms with Gasteiger partial charge in [0.05, 0.1) is 4.90 Å². The molecule has 0 radical (unpaired) electrons. The third kappa shape index (κ3) is 5.83. The van der Waals surface area contributed by atoms with Gasteiger partial charge in [0.1, 0.15) is 0 Å². The van der Waals surface area contributed by atoms with Gasteiger partial charge in [0, 0.05) is 18.0 Å². The highest BCUT2D eigenvalue weighted by Crippen LogP contribution is 2.21. The third-order valence-corrected chi connectivity index (χ3v) is 5.82. The average Bonchev–Trinajstić information content (AvgIpc) is 2.84. The largest absolute Gasteiger partial charge is 0.312 e. The van der Waals surface area contributed by atoms with Gasteiger partial charge >= 0.3 is 0 Å². The van der Waals surface area contributed by atoms with E-state index < -0.39 is 10.0 Å². The van der Waals surface area contributed by atoms with Gasteiger partial charge in [-0.2, -0.15) is 11.8 Å². The van der Waals surface area contributed by atoms with Gasteiger partial charge < -0.3 is 5.32 Å². The Labute approximate surface area is 124 Å². The monoisotopic (exact) mass is 322 g/mol. The molecule has 2 N–H and O–H groups in total. The van der Waals surface area contributed by atoms with Gasteiger partial charge in [0.25, 0.3) is 0 Å². The normalized spacial score (nSPS) is 11.9. The summed E-state index contributed by atoms with van der Waals surface area (Å²) in [6.45, 7) is 4.11. The Hall–Kier alpha value is -0.0800. The van der Waals surface area contributed by atoms with Gasteiger partial charge in [0.2, 0.25) is 10.0 Å². The lowest BCUT2D eigenvalue weighted by molar-refractivity contribution is 0.579. The number of sulfonamides is 1. The van der Waals surface area contributed by atoms with Crippen molar-refractivity contribution < 1.29 is 8.42 Å². The molecular formula is C12H22N2O2S3. The van der Waals surface area contributed by atoms with E-state index in [1.165, 1.54) is 11.3 Å². The Morgan fingerprint density at radius 3 is 2.84 bits per heavy atom. The molecule has 0 aliphatic rings. The molecule has 0 aliphatic heterocycles. The minimum absolute atomic E-state index is 0.422. The Balaban J connectivity index is 2.59. The van der Waals surface area contributed by atoms with Gasteiger partial charge in [-0.3, -0.25) is 0 Å². The molecule has 0 saturated carbocycles. The second-order valence-electron chi connectivity index (χ2n) is 4.13. The molecule has 0 unspecified atom stereocenters. The maximum atomic E-state index is 12.2. The number of rotatable bonds is 10. The van der Waals surface area contributed by atoms with Crippen LogP contribution in [0.3, 0.4) is 0 Å². The lowest BCUT2D eigenvalue weighted by Gasteiger charge is -2.08. The molecule has 7 heteroatoms. The van der Waals surface area contributed by atoms with Crippen LogP contribution >= 0.6 is 23.1 Å². The molecule has 0 amide bonds. The van der Waals surface area contributed by atoms with E-state index >= 15 is 0 Å². The molecule has 0 aromatic carbocycles. The Morgan fingerprint density at radius 1 is 1.37 bits per heavy atom. The van der Waals surface area contributed by atoms with E-state index in [9.17, 15) is 8.42 Å². The van der Waals surface area contributed by atoms with Crippen LogP contribution in [0.15, 0.2) is 16.3 Å². The smallest absolute Gasteiger partial charge is 0.241 e. The number of thioether (sulfide) groups is 1. The minimum atomic E-state index is -3.35. The zero-order valence-corrected chi connectivity index (χ0v) is 13.9. The van der Waals surface area contributed by atoms with Crippen LogP contribution < -0.4 is 10.0 Å². The van der Waals surface area contributed by atoms with Crippen LogP contribution in [0.5, 0.6) is 0 Å². The molecule has 0 atom stereocenters. The second kappa shape index (κ2) is 8.97. The predicted octanol–water partition coefficient (Wildman–Crippen LogP) is 2.28. The molecule has 110 valence electrons. The zero-order chi connectivity index (χ0) is 14.1. The van der Waals surface area contributed by atoms with Crippen molar-refractivity contribution in [1.29, 1.82) is 0 Å². The number of hydrogen-bond acceptors (Lipinski definition) is 5. The van der Waals surface area contributed by atoms with Gasteiger partial charge in [-0.05, 0) is 42.8 Å². The van der Waals surface area contributed by atoms with Gasteiger partial charge in [0.15, 0.2) is 0 Å². The first-order chi connectivity index (χ1) is 9.11. The SMILES string of the molecule is CCCNCc1sccc1S(=O)(=O)NCCCSC. The van der Waals surface area contributed by atoms with Crippen molar-refractivity contribution in [1.82, 2.24) is 10.0 Å². The first-order valence-electron chi connectivity index (χ1n) is 6.37. The molecule has 1 rings (SSSR count). The third-order valence-electron chi connectivity index (χ3n) is 2.52. The van der Waals surface area contributed by atoms with Crippen LogP contribution in [0.1, 0.15) is 24.6 Å². The summed E-state index contributed by atoms with van der Waals surface area (Å²) in [6.07, 6.45) is 3.92. The maximum absolute atomic E-state index is 12.2. The molecule has 0 spiro atoms. The summed E-state index contributed by atoms with van der Waals surface area (Å²) in [6, 6.07) is 1.69. The highest BCUT2D eigenvalue weighted by Gasteiger charge is 2.18. The molecule has 1 heterocycles. The highest BCUT2D eigenvalue weighted by atomic mass is 32.2. The van der Waals surface area contributed by atoms with E-state index in [4.69, 9.17) is 0 Å². The van der Waals surface area contributed by atoms with Gasteiger partial charge in [-0.15, -0.1) is 11.3 Å². The second-order valence-corrected chi connectivity index (χ2v) is 7.85. The summed E-state index contributed by atoms with van der Waals surface area (Å²) in [7, 11) is -3.35. The topological polar surface area (TPSA) is 58.2 Å². The molecule has 0 aliphatic carbocycles. The number of nitrogens with one attached hydrogen (secondary N) is 2. The molecule has 0 bridgehead atoms. The molecule has 1 aromatic heterocycles. The Kier molecular flexibility index (Phi) is 8.01. The summed E-state index contributed by atoms with van der Waals surface area (Å²) < 4.78 is 27.0. The fraction of sp³-hybridized carbons (Fsp3) is 0.667. The van der Waals surface area contributed by atoms with Crippen molar-refractivity contribution in [2.45, 2.75) is 31.2 Å². The summed E-state index contributed by atoms with van der Waals surface area (Å²) in [5, 5.41) is 5.07. The molecule has 19 heavy (non-hydrogen) atoms. The summed E-state index contributed by atoms with van der Waals surface area (Å²) in [4.78, 5) is 1.30. The molecule has 4 nitrogen and oxygen atoms in total. The van der Waals surface area contributed by atoms with Crippen molar-refractivity contribution in [2.24, 2.45) is 0 Å². The maximum Gasteiger partial charge on any atom is 0.241 e. The fourth-order valence-electron chi connectivity index (χ4n) is 1.58. The van der Waals surface area contributed by atoms with Crippen LogP contribution in [-0.2, 0) is 16.6 Å². The summed E-state index contributed by atoms with van der Waals surface area (Å²) in [5.41, 5.74) is 0. The number of thiophene rings is 1. The first-order valence-corrected chi connectivity index (χ1v) is 10.1. The van der Waals surface area contributed by atoms with E-state index in [0.29, 0.717) is 18.0 Å². The Bertz CT molecular complexity index is 457. The van der Waals surface area contributed by atoms with E-state index in [1.807, 2.05) is 11.6 Å². The lowest BCUT2D eigenvalue weighted by atomic mass is 10.4. The van der Waals surface area contributed by atoms with Crippen LogP contribution in [0.4, 0.5) is 0 Å². The lowest BCUT2D eigenvalue weighted by Crippen LogP contribution is -2.26. The number of hydrogen-bond donors (Lipinski definition) is 2. The molecule has 1 aromatic rings. The average molecular weight is 323 g/mol. The molecular weight excluding hydrogens is 300 g/mol. The van der Waals surface area contributed by atoms with Gasteiger partial charge in [-0.1, -0.05) is 6.92 Å². The van der Waals surface area contributed by atoms with Gasteiger partial charge in [-0.25, -0.2) is 13.1 Å². The van der Waals surface area contributed by atoms with Crippen molar-refractivity contribution in [3.63, 3.8) is 0 Å². The minimum Gasteiger partial charge on any atom is -0.312 e. The van der Waals surface area contributed by atoms with Crippen LogP contribution in [-0.4, -0.2) is 33.5 Å². The van der Waals surface area contributed by atoms with E-state index in [1.54, 1.807) is 17.8 Å². The quantitative estimate of drug-likeness (QED) is 0.649. The summed E-state index contributed by atoms with van der Waals surface area (Å²) >= 11 is 3.21. The first kappa shape index (κ1) is 17.0. The van der Waals surface area contributed by atoms with Crippen LogP contribution in [0.2, 0.25) is 0 Å². The van der Waals surface area contributed by atoms with E-state index in [2.05, 4.69) is 17.0 Å². The van der Waals surface area contributed by atoms with Crippen LogP contribution in [0, 0.1) is 0 Å². The predicted molar refractivity (Wildman–Crippen MR) is 84.5 cm³/mol. The summed E-state index contributed by atoms with van der Waals surface area (Å²) in [5.74, 6) is 0.969. The van der Waals surface area contributed by atoms with E-state index in [0.717, 1.165) is 30.0 Å². The highest BCUT2D eigenvalue weighted by molar-refractivity contribution is 7.98. The zero-order valence-electron chi connectivity index (χ0n) is 11.4. The molecule has 0 saturated heterocycles. The van der Waals surface area contributed by atoms with Crippen LogP contribution in [0.25, 0.3) is 0 Å². The van der Waals surface area contributed by atoms with Crippen molar-refractivity contribution in [2.75, 3.05) is 25.1 Å². The van der Waals surface area contributed by atoms with Crippen molar-refractivity contribution in [3.05, 3.63) is 16.3 Å². The van der Waals surface area contributed by atoms with Crippen molar-refractivity contribution in [3.8, 4) is 0 Å². The molecule has 0 fully saturated rings.